The number of thioether (sulfide) groups is 1. The van der Waals surface area contributed by atoms with Crippen molar-refractivity contribution in [2.75, 3.05) is 0 Å². The normalized spacial score (nSPS) is 10.6. The molecule has 2 aromatic rings. The lowest BCUT2D eigenvalue weighted by molar-refractivity contribution is 0.0697. The first-order chi connectivity index (χ1) is 8.58. The van der Waals surface area contributed by atoms with Gasteiger partial charge in [-0.2, -0.15) is 0 Å². The summed E-state index contributed by atoms with van der Waals surface area (Å²) < 4.78 is 0. The van der Waals surface area contributed by atoms with E-state index in [1.54, 1.807) is 29.5 Å². The van der Waals surface area contributed by atoms with Gasteiger partial charge in [0.1, 0.15) is 0 Å². The number of carboxylic acid groups (broad SMARTS) is 1. The first kappa shape index (κ1) is 13.7. The number of hydrogen-bond donors (Lipinski definition) is 1. The van der Waals surface area contributed by atoms with Crippen LogP contribution >= 0.6 is 46.3 Å². The van der Waals surface area contributed by atoms with E-state index < -0.39 is 5.97 Å². The lowest BCUT2D eigenvalue weighted by Crippen LogP contribution is -1.97. The molecular weight excluding hydrogens is 311 g/mol. The van der Waals surface area contributed by atoms with E-state index in [2.05, 4.69) is 0 Å². The van der Waals surface area contributed by atoms with E-state index in [1.165, 1.54) is 11.8 Å². The third kappa shape index (κ3) is 3.20. The van der Waals surface area contributed by atoms with Crippen LogP contribution < -0.4 is 0 Å². The summed E-state index contributed by atoms with van der Waals surface area (Å²) in [5, 5.41) is 11.9. The van der Waals surface area contributed by atoms with E-state index >= 15 is 0 Å². The standard InChI is InChI=1S/C12H8Cl2O2S2/c13-9-2-1-7(5-8(9)12(15)16)18-6-11-10(14)3-4-17-11/h1-5H,6H2,(H,15,16). The fraction of sp³-hybridized carbons (Fsp3) is 0.0833. The second-order valence-corrected chi connectivity index (χ2v) is 6.29. The molecule has 0 amide bonds. The molecule has 1 heterocycles. The monoisotopic (exact) mass is 318 g/mol. The smallest absolute Gasteiger partial charge is 0.337 e. The Kier molecular flexibility index (Phi) is 4.56. The third-order valence-electron chi connectivity index (χ3n) is 2.23. The number of benzene rings is 1. The largest absolute Gasteiger partial charge is 0.478 e. The average molecular weight is 319 g/mol. The molecule has 94 valence electrons. The van der Waals surface area contributed by atoms with Crippen molar-refractivity contribution in [3.63, 3.8) is 0 Å². The molecular formula is C12H8Cl2O2S2. The summed E-state index contributed by atoms with van der Waals surface area (Å²) in [4.78, 5) is 12.9. The molecule has 1 aromatic carbocycles. The SMILES string of the molecule is O=C(O)c1cc(SCc2sccc2Cl)ccc1Cl. The van der Waals surface area contributed by atoms with Crippen molar-refractivity contribution in [1.29, 1.82) is 0 Å². The molecule has 0 spiro atoms. The minimum Gasteiger partial charge on any atom is -0.478 e. The van der Waals surface area contributed by atoms with Gasteiger partial charge < -0.3 is 5.11 Å². The van der Waals surface area contributed by atoms with E-state index in [0.717, 1.165) is 20.5 Å². The van der Waals surface area contributed by atoms with Gasteiger partial charge in [-0.25, -0.2) is 4.79 Å². The molecule has 0 atom stereocenters. The Bertz CT molecular complexity index is 581. The molecule has 1 N–H and O–H groups in total. The van der Waals surface area contributed by atoms with Crippen LogP contribution in [-0.4, -0.2) is 11.1 Å². The van der Waals surface area contributed by atoms with Crippen LogP contribution in [0.4, 0.5) is 0 Å². The number of carbonyl (C=O) groups is 1. The summed E-state index contributed by atoms with van der Waals surface area (Å²) >= 11 is 14.9. The molecule has 2 nitrogen and oxygen atoms in total. The fourth-order valence-electron chi connectivity index (χ4n) is 1.34. The number of halogens is 2. The maximum atomic E-state index is 10.9. The summed E-state index contributed by atoms with van der Waals surface area (Å²) in [6, 6.07) is 6.84. The molecule has 2 rings (SSSR count). The van der Waals surface area contributed by atoms with E-state index in [0.29, 0.717) is 0 Å². The third-order valence-corrected chi connectivity index (χ3v) is 5.15. The molecule has 0 bridgehead atoms. The van der Waals surface area contributed by atoms with Gasteiger partial charge in [0.25, 0.3) is 0 Å². The summed E-state index contributed by atoms with van der Waals surface area (Å²) in [5.41, 5.74) is 0.124. The van der Waals surface area contributed by atoms with Gasteiger partial charge in [0.05, 0.1) is 15.6 Å². The van der Waals surface area contributed by atoms with Crippen LogP contribution in [0.15, 0.2) is 34.5 Å². The van der Waals surface area contributed by atoms with Crippen LogP contribution in [0.3, 0.4) is 0 Å². The highest BCUT2D eigenvalue weighted by atomic mass is 35.5. The van der Waals surface area contributed by atoms with Crippen LogP contribution in [0, 0.1) is 0 Å². The number of carboxylic acids is 1. The van der Waals surface area contributed by atoms with Gasteiger partial charge in [0.15, 0.2) is 0 Å². The zero-order valence-electron chi connectivity index (χ0n) is 9.02. The first-order valence-corrected chi connectivity index (χ1v) is 7.57. The Morgan fingerprint density at radius 3 is 2.67 bits per heavy atom. The molecule has 0 saturated heterocycles. The number of rotatable bonds is 4. The van der Waals surface area contributed by atoms with Crippen LogP contribution in [0.25, 0.3) is 0 Å². The molecule has 0 fully saturated rings. The first-order valence-electron chi connectivity index (χ1n) is 4.95. The van der Waals surface area contributed by atoms with Crippen molar-refractivity contribution in [3.8, 4) is 0 Å². The van der Waals surface area contributed by atoms with E-state index in [1.807, 2.05) is 11.4 Å². The van der Waals surface area contributed by atoms with Gasteiger partial charge in [-0.15, -0.1) is 23.1 Å². The van der Waals surface area contributed by atoms with Gasteiger partial charge in [-0.3, -0.25) is 0 Å². The van der Waals surface area contributed by atoms with E-state index in [-0.39, 0.29) is 10.6 Å². The fourth-order valence-corrected chi connectivity index (χ4v) is 3.77. The van der Waals surface area contributed by atoms with Crippen LogP contribution in [0.2, 0.25) is 10.0 Å². The maximum absolute atomic E-state index is 10.9. The lowest BCUT2D eigenvalue weighted by Gasteiger charge is -2.04. The highest BCUT2D eigenvalue weighted by Crippen LogP contribution is 2.31. The Morgan fingerprint density at radius 1 is 1.28 bits per heavy atom. The molecule has 18 heavy (non-hydrogen) atoms. The second kappa shape index (κ2) is 5.97. The van der Waals surface area contributed by atoms with Gasteiger partial charge in [0, 0.05) is 15.5 Å². The zero-order chi connectivity index (χ0) is 13.1. The van der Waals surface area contributed by atoms with Crippen LogP contribution in [-0.2, 0) is 5.75 Å². The maximum Gasteiger partial charge on any atom is 0.337 e. The molecule has 0 unspecified atom stereocenters. The summed E-state index contributed by atoms with van der Waals surface area (Å²) in [7, 11) is 0. The van der Waals surface area contributed by atoms with E-state index in [4.69, 9.17) is 28.3 Å². The quantitative estimate of drug-likeness (QED) is 0.802. The summed E-state index contributed by atoms with van der Waals surface area (Å²) in [6.45, 7) is 0. The molecule has 0 aliphatic carbocycles. The molecule has 1 aromatic heterocycles. The van der Waals surface area contributed by atoms with Crippen LogP contribution in [0.1, 0.15) is 15.2 Å². The Balaban J connectivity index is 2.13. The van der Waals surface area contributed by atoms with Crippen molar-refractivity contribution in [2.45, 2.75) is 10.6 Å². The van der Waals surface area contributed by atoms with Crippen LogP contribution in [0.5, 0.6) is 0 Å². The molecule has 0 saturated carbocycles. The van der Waals surface area contributed by atoms with E-state index in [9.17, 15) is 4.79 Å². The van der Waals surface area contributed by atoms with Crippen molar-refractivity contribution in [2.24, 2.45) is 0 Å². The second-order valence-electron chi connectivity index (χ2n) is 3.43. The molecule has 0 radical (unpaired) electrons. The lowest BCUT2D eigenvalue weighted by atomic mass is 10.2. The number of aromatic carboxylic acids is 1. The molecule has 0 aliphatic heterocycles. The van der Waals surface area contributed by atoms with Crippen molar-refractivity contribution in [1.82, 2.24) is 0 Å². The molecule has 0 aliphatic rings. The molecule has 6 heteroatoms. The Labute approximate surface area is 123 Å². The Morgan fingerprint density at radius 2 is 2.06 bits per heavy atom. The topological polar surface area (TPSA) is 37.3 Å². The van der Waals surface area contributed by atoms with Gasteiger partial charge in [-0.05, 0) is 29.6 Å². The minimum absolute atomic E-state index is 0.124. The van der Waals surface area contributed by atoms with Gasteiger partial charge in [-0.1, -0.05) is 23.2 Å². The van der Waals surface area contributed by atoms with Crippen molar-refractivity contribution in [3.05, 3.63) is 50.1 Å². The van der Waals surface area contributed by atoms with Crippen molar-refractivity contribution < 1.29 is 9.90 Å². The minimum atomic E-state index is -1.02. The predicted octanol–water partition coefficient (Wildman–Crippen LogP) is 5.05. The summed E-state index contributed by atoms with van der Waals surface area (Å²) in [6.07, 6.45) is 0. The summed E-state index contributed by atoms with van der Waals surface area (Å²) in [5.74, 6) is -0.298. The highest BCUT2D eigenvalue weighted by molar-refractivity contribution is 7.98. The van der Waals surface area contributed by atoms with Gasteiger partial charge >= 0.3 is 5.97 Å². The zero-order valence-corrected chi connectivity index (χ0v) is 12.2. The number of hydrogen-bond acceptors (Lipinski definition) is 3. The van der Waals surface area contributed by atoms with Gasteiger partial charge in [0.2, 0.25) is 0 Å². The number of thiophene rings is 1. The Hall–Kier alpha value is -0.680. The van der Waals surface area contributed by atoms with Crippen molar-refractivity contribution >= 4 is 52.3 Å². The average Bonchev–Trinajstić information content (AvgIpc) is 2.73. The highest BCUT2D eigenvalue weighted by Gasteiger charge is 2.10. The predicted molar refractivity (Wildman–Crippen MR) is 77.3 cm³/mol.